The van der Waals surface area contributed by atoms with Crippen molar-refractivity contribution in [1.82, 2.24) is 18.9 Å². The van der Waals surface area contributed by atoms with Crippen LogP contribution in [0.5, 0.6) is 0 Å². The van der Waals surface area contributed by atoms with Gasteiger partial charge < -0.3 is 14.7 Å². The van der Waals surface area contributed by atoms with E-state index in [1.807, 2.05) is 47.3 Å². The molecule has 0 aliphatic carbocycles. The quantitative estimate of drug-likeness (QED) is 0.434. The lowest BCUT2D eigenvalue weighted by Gasteiger charge is -2.06. The molecule has 4 aromatic heterocycles. The Morgan fingerprint density at radius 1 is 1.21 bits per heavy atom. The molecular formula is C23H18N6O3S. The predicted octanol–water partition coefficient (Wildman–Crippen LogP) is 3.05. The summed E-state index contributed by atoms with van der Waals surface area (Å²) in [5.74, 6) is -0.816. The highest BCUT2D eigenvalue weighted by Gasteiger charge is 2.20. The van der Waals surface area contributed by atoms with Crippen LogP contribution < -0.4 is 10.5 Å². The van der Waals surface area contributed by atoms with Gasteiger partial charge in [-0.25, -0.2) is 9.97 Å². The standard InChI is InChI=1S/C23H18N6O3S/c1-14-4-6-15(7-5-14)12-28-8-10-33-23(28)27-22(31)17-11-16(18-3-2-9-32-18)26-21-19(20(24)30)25-13-29(17)21/h2-11,13H,12H2,1H3,(H2,24,30). The van der Waals surface area contributed by atoms with E-state index in [-0.39, 0.29) is 17.0 Å². The van der Waals surface area contributed by atoms with Gasteiger partial charge in [-0.1, -0.05) is 29.8 Å². The molecule has 5 aromatic rings. The number of amides is 2. The molecule has 1 aromatic carbocycles. The molecule has 0 bridgehead atoms. The van der Waals surface area contributed by atoms with E-state index in [0.717, 1.165) is 5.56 Å². The minimum atomic E-state index is -0.744. The van der Waals surface area contributed by atoms with Gasteiger partial charge in [0, 0.05) is 18.1 Å². The molecule has 0 radical (unpaired) electrons. The van der Waals surface area contributed by atoms with Crippen molar-refractivity contribution in [3.63, 3.8) is 0 Å². The van der Waals surface area contributed by atoms with E-state index in [0.29, 0.717) is 22.8 Å². The third kappa shape index (κ3) is 3.99. The summed E-state index contributed by atoms with van der Waals surface area (Å²) < 4.78 is 8.75. The van der Waals surface area contributed by atoms with Gasteiger partial charge in [0.1, 0.15) is 17.7 Å². The van der Waals surface area contributed by atoms with Crippen LogP contribution in [0.3, 0.4) is 0 Å². The predicted molar refractivity (Wildman–Crippen MR) is 122 cm³/mol. The number of primary amides is 1. The zero-order valence-electron chi connectivity index (χ0n) is 17.5. The Morgan fingerprint density at radius 2 is 2.03 bits per heavy atom. The average Bonchev–Trinajstić information content (AvgIpc) is 3.56. The number of carbonyl (C=O) groups is 2. The molecule has 0 saturated carbocycles. The van der Waals surface area contributed by atoms with Gasteiger partial charge in [0.05, 0.1) is 6.26 Å². The van der Waals surface area contributed by atoms with Gasteiger partial charge in [-0.15, -0.1) is 11.3 Å². The Balaban J connectivity index is 1.59. The van der Waals surface area contributed by atoms with Crippen LogP contribution >= 0.6 is 11.3 Å². The lowest BCUT2D eigenvalue weighted by atomic mass is 10.1. The molecule has 2 N–H and O–H groups in total. The molecule has 0 aliphatic heterocycles. The fourth-order valence-corrected chi connectivity index (χ4v) is 4.13. The number of hydrogen-bond acceptors (Lipinski definition) is 6. The molecule has 0 unspecified atom stereocenters. The first-order valence-electron chi connectivity index (χ1n) is 10.00. The van der Waals surface area contributed by atoms with Gasteiger partial charge in [-0.2, -0.15) is 4.99 Å². The summed E-state index contributed by atoms with van der Waals surface area (Å²) in [4.78, 5) is 38.5. The molecular weight excluding hydrogens is 440 g/mol. The van der Waals surface area contributed by atoms with Crippen LogP contribution in [-0.2, 0) is 6.54 Å². The lowest BCUT2D eigenvalue weighted by molar-refractivity contribution is 0.0984. The van der Waals surface area contributed by atoms with E-state index in [9.17, 15) is 9.59 Å². The highest BCUT2D eigenvalue weighted by atomic mass is 32.1. The highest BCUT2D eigenvalue weighted by Crippen LogP contribution is 2.22. The van der Waals surface area contributed by atoms with E-state index in [4.69, 9.17) is 10.2 Å². The van der Waals surface area contributed by atoms with Crippen LogP contribution in [-0.4, -0.2) is 30.8 Å². The van der Waals surface area contributed by atoms with Gasteiger partial charge in [0.15, 0.2) is 21.9 Å². The number of imidazole rings is 1. The monoisotopic (exact) mass is 458 g/mol. The second kappa shape index (κ2) is 8.32. The molecule has 9 nitrogen and oxygen atoms in total. The second-order valence-electron chi connectivity index (χ2n) is 7.37. The van der Waals surface area contributed by atoms with Gasteiger partial charge >= 0.3 is 0 Å². The average molecular weight is 459 g/mol. The van der Waals surface area contributed by atoms with E-state index in [1.54, 1.807) is 18.2 Å². The Labute approximate surface area is 191 Å². The number of benzene rings is 1. The van der Waals surface area contributed by atoms with Gasteiger partial charge in [-0.05, 0) is 30.7 Å². The van der Waals surface area contributed by atoms with E-state index >= 15 is 0 Å². The molecule has 5 rings (SSSR count). The summed E-state index contributed by atoms with van der Waals surface area (Å²) in [6, 6.07) is 13.2. The fourth-order valence-electron chi connectivity index (χ4n) is 3.40. The summed E-state index contributed by atoms with van der Waals surface area (Å²) in [6.45, 7) is 2.61. The van der Waals surface area contributed by atoms with Crippen LogP contribution in [0.1, 0.15) is 32.1 Å². The maximum atomic E-state index is 13.3. The van der Waals surface area contributed by atoms with Crippen molar-refractivity contribution in [1.29, 1.82) is 0 Å². The molecule has 0 fully saturated rings. The van der Waals surface area contributed by atoms with Crippen LogP contribution in [0.2, 0.25) is 0 Å². The number of aryl methyl sites for hydroxylation is 1. The SMILES string of the molecule is Cc1ccc(Cn2ccsc2=NC(=O)c2cc(-c3ccco3)nc3c(C(N)=O)ncn23)cc1. The normalized spacial score (nSPS) is 11.8. The summed E-state index contributed by atoms with van der Waals surface area (Å²) in [5, 5.41) is 1.87. The number of aromatic nitrogens is 4. The van der Waals surface area contributed by atoms with Crippen molar-refractivity contribution in [2.45, 2.75) is 13.5 Å². The molecule has 164 valence electrons. The Morgan fingerprint density at radius 3 is 2.76 bits per heavy atom. The van der Waals surface area contributed by atoms with E-state index in [1.165, 1.54) is 33.9 Å². The molecule has 0 aliphatic rings. The molecule has 0 saturated heterocycles. The minimum Gasteiger partial charge on any atom is -0.463 e. The largest absolute Gasteiger partial charge is 0.463 e. The number of nitrogens with zero attached hydrogens (tertiary/aromatic N) is 5. The Bertz CT molecular complexity index is 1540. The maximum absolute atomic E-state index is 13.3. The molecule has 2 amide bonds. The Kier molecular flexibility index (Phi) is 5.19. The first kappa shape index (κ1) is 20.6. The van der Waals surface area contributed by atoms with Crippen LogP contribution in [0.15, 0.2) is 76.0 Å². The van der Waals surface area contributed by atoms with Crippen molar-refractivity contribution in [3.8, 4) is 11.5 Å². The summed E-state index contributed by atoms with van der Waals surface area (Å²) in [6.07, 6.45) is 4.72. The van der Waals surface area contributed by atoms with Crippen LogP contribution in [0.25, 0.3) is 17.1 Å². The maximum Gasteiger partial charge on any atom is 0.296 e. The third-order valence-corrected chi connectivity index (χ3v) is 5.85. The van der Waals surface area contributed by atoms with Crippen molar-refractivity contribution < 1.29 is 14.0 Å². The Hall–Kier alpha value is -4.31. The number of nitrogens with two attached hydrogens (primary N) is 1. The number of carbonyl (C=O) groups excluding carboxylic acids is 2. The lowest BCUT2D eigenvalue weighted by Crippen LogP contribution is -2.18. The number of rotatable bonds is 5. The van der Waals surface area contributed by atoms with Gasteiger partial charge in [0.25, 0.3) is 11.8 Å². The smallest absolute Gasteiger partial charge is 0.296 e. The van der Waals surface area contributed by atoms with Crippen LogP contribution in [0.4, 0.5) is 0 Å². The zero-order chi connectivity index (χ0) is 22.9. The molecule has 0 atom stereocenters. The summed E-state index contributed by atoms with van der Waals surface area (Å²) in [5.41, 5.74) is 8.39. The van der Waals surface area contributed by atoms with Crippen molar-refractivity contribution in [2.24, 2.45) is 10.7 Å². The first-order chi connectivity index (χ1) is 16.0. The fraction of sp³-hybridized carbons (Fsp3) is 0.0870. The molecule has 33 heavy (non-hydrogen) atoms. The number of fused-ring (bicyclic) bond motifs is 1. The number of thiazole rings is 1. The van der Waals surface area contributed by atoms with Gasteiger partial charge in [0.2, 0.25) is 0 Å². The van der Waals surface area contributed by atoms with Crippen molar-refractivity contribution in [3.05, 3.63) is 93.9 Å². The first-order valence-corrected chi connectivity index (χ1v) is 10.9. The van der Waals surface area contributed by atoms with Crippen molar-refractivity contribution in [2.75, 3.05) is 0 Å². The molecule has 4 heterocycles. The number of hydrogen-bond donors (Lipinski definition) is 1. The zero-order valence-corrected chi connectivity index (χ0v) is 18.3. The van der Waals surface area contributed by atoms with E-state index in [2.05, 4.69) is 15.0 Å². The topological polar surface area (TPSA) is 121 Å². The third-order valence-electron chi connectivity index (χ3n) is 5.06. The van der Waals surface area contributed by atoms with E-state index < -0.39 is 11.8 Å². The summed E-state index contributed by atoms with van der Waals surface area (Å²) >= 11 is 1.35. The molecule has 10 heteroatoms. The second-order valence-corrected chi connectivity index (χ2v) is 8.24. The highest BCUT2D eigenvalue weighted by molar-refractivity contribution is 7.07. The summed E-state index contributed by atoms with van der Waals surface area (Å²) in [7, 11) is 0. The van der Waals surface area contributed by atoms with Gasteiger partial charge in [-0.3, -0.25) is 14.0 Å². The minimum absolute atomic E-state index is 0.0389. The van der Waals surface area contributed by atoms with Crippen LogP contribution in [0, 0.1) is 6.92 Å². The number of furan rings is 1. The molecule has 0 spiro atoms. The van der Waals surface area contributed by atoms with Crippen molar-refractivity contribution >= 4 is 28.8 Å².